The first-order chi connectivity index (χ1) is 8.10. The first-order valence-corrected chi connectivity index (χ1v) is 6.36. The van der Waals surface area contributed by atoms with E-state index in [1.54, 1.807) is 6.92 Å². The van der Waals surface area contributed by atoms with Crippen molar-refractivity contribution in [3.63, 3.8) is 0 Å². The molecule has 1 rings (SSSR count). The lowest BCUT2D eigenvalue weighted by atomic mass is 10.1. The van der Waals surface area contributed by atoms with Gasteiger partial charge in [0.2, 0.25) is 0 Å². The second-order valence-electron chi connectivity index (χ2n) is 3.35. The number of halogens is 3. The van der Waals surface area contributed by atoms with E-state index in [-0.39, 0.29) is 23.7 Å². The maximum absolute atomic E-state index is 12.7. The molecule has 1 aromatic rings. The second kappa shape index (κ2) is 6.69. The van der Waals surface area contributed by atoms with Gasteiger partial charge in [0.25, 0.3) is 6.43 Å². The van der Waals surface area contributed by atoms with Crippen molar-refractivity contribution in [1.29, 1.82) is 0 Å². The van der Waals surface area contributed by atoms with Crippen molar-refractivity contribution in [3.05, 3.63) is 29.3 Å². The van der Waals surface area contributed by atoms with E-state index in [1.807, 2.05) is 0 Å². The predicted octanol–water partition coefficient (Wildman–Crippen LogP) is 3.99. The minimum atomic E-state index is -2.60. The van der Waals surface area contributed by atoms with Crippen LogP contribution in [0.2, 0.25) is 0 Å². The third kappa shape index (κ3) is 3.77. The Balaban J connectivity index is 3.04. The molecule has 0 aliphatic rings. The van der Waals surface area contributed by atoms with E-state index in [0.717, 1.165) is 0 Å². The van der Waals surface area contributed by atoms with Crippen LogP contribution >= 0.6 is 15.9 Å². The smallest absolute Gasteiger partial charge is 0.267 e. The van der Waals surface area contributed by atoms with E-state index < -0.39 is 6.43 Å². The molecule has 0 aliphatic heterocycles. The van der Waals surface area contributed by atoms with Gasteiger partial charge in [-0.1, -0.05) is 22.0 Å². The molecule has 0 aliphatic carbocycles. The average Bonchev–Trinajstić information content (AvgIpc) is 2.29. The Labute approximate surface area is 107 Å². The van der Waals surface area contributed by atoms with Crippen LogP contribution in [0.5, 0.6) is 5.75 Å². The number of ether oxygens (including phenoxy) is 1. The zero-order valence-corrected chi connectivity index (χ0v) is 11.0. The van der Waals surface area contributed by atoms with E-state index in [4.69, 9.17) is 4.74 Å². The van der Waals surface area contributed by atoms with Crippen LogP contribution in [-0.4, -0.2) is 17.7 Å². The minimum Gasteiger partial charge on any atom is -0.493 e. The van der Waals surface area contributed by atoms with E-state index in [2.05, 4.69) is 15.9 Å². The number of rotatable bonds is 6. The fraction of sp³-hybridized carbons (Fsp3) is 0.417. The lowest BCUT2D eigenvalue weighted by Crippen LogP contribution is -2.03. The van der Waals surface area contributed by atoms with Crippen LogP contribution < -0.4 is 4.74 Å². The highest BCUT2D eigenvalue weighted by Gasteiger charge is 2.16. The van der Waals surface area contributed by atoms with Crippen molar-refractivity contribution in [2.45, 2.75) is 19.8 Å². The first kappa shape index (κ1) is 14.1. The maximum atomic E-state index is 12.7. The lowest BCUT2D eigenvalue weighted by Gasteiger charge is -2.11. The number of hydrogen-bond acceptors (Lipinski definition) is 2. The Morgan fingerprint density at radius 2 is 2.18 bits per heavy atom. The zero-order valence-electron chi connectivity index (χ0n) is 9.38. The number of ketones is 1. The van der Waals surface area contributed by atoms with Crippen molar-refractivity contribution in [2.75, 3.05) is 11.9 Å². The van der Waals surface area contributed by atoms with Crippen molar-refractivity contribution in [1.82, 2.24) is 0 Å². The molecule has 2 nitrogen and oxygen atoms in total. The van der Waals surface area contributed by atoms with Gasteiger partial charge in [-0.15, -0.1) is 0 Å². The predicted molar refractivity (Wildman–Crippen MR) is 65.3 cm³/mol. The zero-order chi connectivity index (χ0) is 12.8. The fourth-order valence-electron chi connectivity index (χ4n) is 1.40. The van der Waals surface area contributed by atoms with Gasteiger partial charge in [-0.3, -0.25) is 4.79 Å². The standard InChI is InChI=1S/C12H13BrF2O2/c1-2-17-11-7-8(10(16)5-6-13)3-4-9(11)12(14)15/h3-4,7,12H,2,5-6H2,1H3. The molecule has 1 aromatic carbocycles. The van der Waals surface area contributed by atoms with Crippen molar-refractivity contribution >= 4 is 21.7 Å². The SMILES string of the molecule is CCOc1cc(C(=O)CCBr)ccc1C(F)F. The third-order valence-corrected chi connectivity index (χ3v) is 2.59. The summed E-state index contributed by atoms with van der Waals surface area (Å²) >= 11 is 3.16. The van der Waals surface area contributed by atoms with Gasteiger partial charge in [-0.25, -0.2) is 8.78 Å². The molecule has 0 saturated heterocycles. The summed E-state index contributed by atoms with van der Waals surface area (Å²) in [5.41, 5.74) is 0.222. The van der Waals surface area contributed by atoms with Gasteiger partial charge in [-0.05, 0) is 19.1 Å². The molecular weight excluding hydrogens is 294 g/mol. The Bertz CT molecular complexity index is 394. The van der Waals surface area contributed by atoms with Crippen LogP contribution in [0, 0.1) is 0 Å². The molecule has 0 N–H and O–H groups in total. The molecule has 0 heterocycles. The molecule has 17 heavy (non-hydrogen) atoms. The number of carbonyl (C=O) groups is 1. The number of Topliss-reactive ketones (excluding diaryl/α,β-unsaturated/α-hetero) is 1. The maximum Gasteiger partial charge on any atom is 0.267 e. The largest absolute Gasteiger partial charge is 0.493 e. The third-order valence-electron chi connectivity index (χ3n) is 2.19. The summed E-state index contributed by atoms with van der Waals surface area (Å²) in [6, 6.07) is 4.04. The van der Waals surface area contributed by atoms with Gasteiger partial charge >= 0.3 is 0 Å². The molecular formula is C12H13BrF2O2. The summed E-state index contributed by atoms with van der Waals surface area (Å²) < 4.78 is 30.4. The van der Waals surface area contributed by atoms with E-state index in [0.29, 0.717) is 17.3 Å². The quantitative estimate of drug-likeness (QED) is 0.587. The Morgan fingerprint density at radius 1 is 1.47 bits per heavy atom. The van der Waals surface area contributed by atoms with Crippen LogP contribution in [-0.2, 0) is 0 Å². The second-order valence-corrected chi connectivity index (χ2v) is 4.14. The van der Waals surface area contributed by atoms with Crippen LogP contribution in [0.25, 0.3) is 0 Å². The van der Waals surface area contributed by atoms with Crippen LogP contribution in [0.4, 0.5) is 8.78 Å². The normalized spacial score (nSPS) is 10.6. The van der Waals surface area contributed by atoms with Gasteiger partial charge in [-0.2, -0.15) is 0 Å². The average molecular weight is 307 g/mol. The Morgan fingerprint density at radius 3 is 2.71 bits per heavy atom. The molecule has 5 heteroatoms. The van der Waals surface area contributed by atoms with Gasteiger partial charge in [0.1, 0.15) is 5.75 Å². The highest BCUT2D eigenvalue weighted by molar-refractivity contribution is 9.09. The summed E-state index contributed by atoms with van der Waals surface area (Å²) in [5, 5.41) is 0.548. The topological polar surface area (TPSA) is 26.3 Å². The van der Waals surface area contributed by atoms with Crippen LogP contribution in [0.3, 0.4) is 0 Å². The van der Waals surface area contributed by atoms with Crippen LogP contribution in [0.1, 0.15) is 35.7 Å². The van der Waals surface area contributed by atoms with Crippen molar-refractivity contribution in [3.8, 4) is 5.75 Å². The molecule has 0 atom stereocenters. The lowest BCUT2D eigenvalue weighted by molar-refractivity contribution is 0.0988. The van der Waals surface area contributed by atoms with E-state index in [1.165, 1.54) is 18.2 Å². The summed E-state index contributed by atoms with van der Waals surface area (Å²) in [4.78, 5) is 11.6. The first-order valence-electron chi connectivity index (χ1n) is 5.24. The summed E-state index contributed by atoms with van der Waals surface area (Å²) in [6.45, 7) is 2.00. The van der Waals surface area contributed by atoms with Crippen molar-refractivity contribution < 1.29 is 18.3 Å². The van der Waals surface area contributed by atoms with Gasteiger partial charge < -0.3 is 4.74 Å². The molecule has 0 saturated carbocycles. The Hall–Kier alpha value is -0.970. The summed E-state index contributed by atoms with van der Waals surface area (Å²) in [5.74, 6) is -0.00781. The van der Waals surface area contributed by atoms with Gasteiger partial charge in [0, 0.05) is 17.3 Å². The van der Waals surface area contributed by atoms with E-state index in [9.17, 15) is 13.6 Å². The summed E-state index contributed by atoms with van der Waals surface area (Å²) in [7, 11) is 0. The fourth-order valence-corrected chi connectivity index (χ4v) is 1.76. The number of carbonyl (C=O) groups excluding carboxylic acids is 1. The highest BCUT2D eigenvalue weighted by atomic mass is 79.9. The Kier molecular flexibility index (Phi) is 5.55. The molecule has 0 fully saturated rings. The molecule has 94 valence electrons. The molecule has 0 amide bonds. The van der Waals surface area contributed by atoms with Gasteiger partial charge in [0.15, 0.2) is 5.78 Å². The number of alkyl halides is 3. The molecule has 0 spiro atoms. The number of benzene rings is 1. The molecule has 0 bridgehead atoms. The van der Waals surface area contributed by atoms with Crippen molar-refractivity contribution in [2.24, 2.45) is 0 Å². The van der Waals surface area contributed by atoms with Gasteiger partial charge in [0.05, 0.1) is 12.2 Å². The minimum absolute atomic E-state index is 0.0860. The van der Waals surface area contributed by atoms with E-state index >= 15 is 0 Å². The monoisotopic (exact) mass is 306 g/mol. The molecule has 0 unspecified atom stereocenters. The highest BCUT2D eigenvalue weighted by Crippen LogP contribution is 2.30. The molecule has 0 aromatic heterocycles. The summed E-state index contributed by atoms with van der Waals surface area (Å²) in [6.07, 6.45) is -2.27. The molecule has 0 radical (unpaired) electrons. The number of hydrogen-bond donors (Lipinski definition) is 0. The van der Waals surface area contributed by atoms with Crippen LogP contribution in [0.15, 0.2) is 18.2 Å².